The predicted octanol–water partition coefficient (Wildman–Crippen LogP) is 3.84. The van der Waals surface area contributed by atoms with Crippen LogP contribution in [-0.2, 0) is 4.79 Å². The molecule has 2 bridgehead atoms. The molecule has 1 aromatic carbocycles. The number of hydrogen-bond donors (Lipinski definition) is 2. The number of fused-ring (bicyclic) bond motifs is 2. The standard InChI is InChI=1S/C24H25ClFN3O3/c25-18-5-4-17(9-19(18)26)32-12-23(30)28-21-10-22(16-7-15(21)8-16)29-24(31)20-6-3-14(11-27-20)13-1-2-13/h3-6,9,11,13,15-16,21-22H,1-2,7-8,10,12H2,(H,28,30)(H,29,31)/t15?,16?,21?,22-/m1/s1. The van der Waals surface area contributed by atoms with Gasteiger partial charge in [0.1, 0.15) is 17.3 Å². The summed E-state index contributed by atoms with van der Waals surface area (Å²) in [6, 6.07) is 7.85. The molecule has 4 aliphatic rings. The first kappa shape index (κ1) is 21.2. The maximum Gasteiger partial charge on any atom is 0.270 e. The average Bonchev–Trinajstić information content (AvgIpc) is 3.59. The summed E-state index contributed by atoms with van der Waals surface area (Å²) >= 11 is 5.66. The van der Waals surface area contributed by atoms with Crippen LogP contribution in [-0.4, -0.2) is 35.5 Å². The Morgan fingerprint density at radius 3 is 2.47 bits per heavy atom. The molecule has 1 heterocycles. The van der Waals surface area contributed by atoms with E-state index in [1.165, 1.54) is 30.5 Å². The summed E-state index contributed by atoms with van der Waals surface area (Å²) in [5.41, 5.74) is 1.63. The lowest BCUT2D eigenvalue weighted by Crippen LogP contribution is -2.60. The molecule has 6 rings (SSSR count). The molecule has 4 fully saturated rings. The van der Waals surface area contributed by atoms with E-state index in [2.05, 4.69) is 15.6 Å². The van der Waals surface area contributed by atoms with Gasteiger partial charge in [-0.25, -0.2) is 4.39 Å². The fourth-order valence-electron chi connectivity index (χ4n) is 4.78. The maximum atomic E-state index is 13.5. The van der Waals surface area contributed by atoms with Gasteiger partial charge in [-0.15, -0.1) is 0 Å². The van der Waals surface area contributed by atoms with Gasteiger partial charge in [-0.2, -0.15) is 0 Å². The van der Waals surface area contributed by atoms with Crippen molar-refractivity contribution in [3.05, 3.63) is 58.6 Å². The molecule has 8 heteroatoms. The lowest BCUT2D eigenvalue weighted by Gasteiger charge is -2.51. The molecule has 4 saturated carbocycles. The Morgan fingerprint density at radius 1 is 1.06 bits per heavy atom. The number of rotatable bonds is 7. The quantitative estimate of drug-likeness (QED) is 0.662. The molecule has 2 atom stereocenters. The zero-order valence-corrected chi connectivity index (χ0v) is 18.3. The smallest absolute Gasteiger partial charge is 0.270 e. The number of pyridine rings is 1. The molecular formula is C24H25ClFN3O3. The number of nitrogens with zero attached hydrogens (tertiary/aromatic N) is 1. The molecule has 2 N–H and O–H groups in total. The van der Waals surface area contributed by atoms with Crippen LogP contribution in [0.15, 0.2) is 36.5 Å². The van der Waals surface area contributed by atoms with Crippen molar-refractivity contribution >= 4 is 23.4 Å². The second-order valence-electron chi connectivity index (χ2n) is 9.10. The van der Waals surface area contributed by atoms with E-state index in [9.17, 15) is 14.0 Å². The molecule has 2 aromatic rings. The number of hydrogen-bond acceptors (Lipinski definition) is 4. The summed E-state index contributed by atoms with van der Waals surface area (Å²) in [7, 11) is 0. The summed E-state index contributed by atoms with van der Waals surface area (Å²) in [5.74, 6) is 0.695. The van der Waals surface area contributed by atoms with E-state index in [4.69, 9.17) is 16.3 Å². The van der Waals surface area contributed by atoms with Crippen LogP contribution < -0.4 is 15.4 Å². The van der Waals surface area contributed by atoms with Gasteiger partial charge in [-0.05, 0) is 73.6 Å². The number of carbonyl (C=O) groups is 2. The van der Waals surface area contributed by atoms with Gasteiger partial charge in [0, 0.05) is 24.3 Å². The highest BCUT2D eigenvalue weighted by Gasteiger charge is 2.47. The largest absolute Gasteiger partial charge is 0.484 e. The Morgan fingerprint density at radius 2 is 1.81 bits per heavy atom. The molecule has 0 aliphatic heterocycles. The van der Waals surface area contributed by atoms with Gasteiger partial charge in [-0.1, -0.05) is 17.7 Å². The molecule has 2 amide bonds. The summed E-state index contributed by atoms with van der Waals surface area (Å²) in [6.07, 6.45) is 6.85. The van der Waals surface area contributed by atoms with Gasteiger partial charge in [0.15, 0.2) is 6.61 Å². The van der Waals surface area contributed by atoms with Gasteiger partial charge in [0.2, 0.25) is 0 Å². The van der Waals surface area contributed by atoms with Crippen molar-refractivity contribution in [1.29, 1.82) is 0 Å². The fraction of sp³-hybridized carbons (Fsp3) is 0.458. The topological polar surface area (TPSA) is 80.3 Å². The summed E-state index contributed by atoms with van der Waals surface area (Å²) in [5, 5.41) is 6.15. The SMILES string of the molecule is O=C(COc1ccc(Cl)c(F)c1)NC1C[C@@H](NC(=O)c2ccc(C3CC3)cn2)C2CC1C2. The van der Waals surface area contributed by atoms with E-state index in [1.807, 2.05) is 12.3 Å². The lowest BCUT2D eigenvalue weighted by molar-refractivity contribution is -0.125. The number of ether oxygens (including phenoxy) is 1. The first-order valence-corrected chi connectivity index (χ1v) is 11.5. The zero-order valence-electron chi connectivity index (χ0n) is 17.5. The summed E-state index contributed by atoms with van der Waals surface area (Å²) in [6.45, 7) is -0.206. The molecule has 0 radical (unpaired) electrons. The Hall–Kier alpha value is -2.67. The number of nitrogens with one attached hydrogen (secondary N) is 2. The van der Waals surface area contributed by atoms with Crippen molar-refractivity contribution in [2.75, 3.05) is 6.61 Å². The summed E-state index contributed by atoms with van der Waals surface area (Å²) < 4.78 is 18.9. The van der Waals surface area contributed by atoms with Crippen LogP contribution >= 0.6 is 11.6 Å². The Bertz CT molecular complexity index is 1020. The van der Waals surface area contributed by atoms with Gasteiger partial charge in [0.25, 0.3) is 11.8 Å². The normalized spacial score (nSPS) is 26.1. The highest BCUT2D eigenvalue weighted by molar-refractivity contribution is 6.30. The number of amides is 2. The minimum atomic E-state index is -0.590. The number of halogens is 2. The van der Waals surface area contributed by atoms with E-state index in [0.29, 0.717) is 29.9 Å². The van der Waals surface area contributed by atoms with E-state index in [0.717, 1.165) is 18.9 Å². The first-order chi connectivity index (χ1) is 15.5. The van der Waals surface area contributed by atoms with Crippen LogP contribution in [0.25, 0.3) is 0 Å². The molecule has 6 nitrogen and oxygen atoms in total. The minimum Gasteiger partial charge on any atom is -0.484 e. The van der Waals surface area contributed by atoms with Gasteiger partial charge in [-0.3, -0.25) is 14.6 Å². The van der Waals surface area contributed by atoms with Crippen molar-refractivity contribution in [1.82, 2.24) is 15.6 Å². The lowest BCUT2D eigenvalue weighted by atomic mass is 9.60. The third kappa shape index (κ3) is 4.58. The van der Waals surface area contributed by atoms with E-state index >= 15 is 0 Å². The van der Waals surface area contributed by atoms with Crippen molar-refractivity contribution in [2.45, 2.75) is 50.1 Å². The minimum absolute atomic E-state index is 0.00527. The predicted molar refractivity (Wildman–Crippen MR) is 117 cm³/mol. The highest BCUT2D eigenvalue weighted by Crippen LogP contribution is 2.46. The molecule has 168 valence electrons. The number of aromatic nitrogens is 1. The number of benzene rings is 1. The average molecular weight is 458 g/mol. The number of carbonyl (C=O) groups excluding carboxylic acids is 2. The molecule has 32 heavy (non-hydrogen) atoms. The van der Waals surface area contributed by atoms with Crippen LogP contribution in [0.2, 0.25) is 5.02 Å². The van der Waals surface area contributed by atoms with Crippen molar-refractivity contribution < 1.29 is 18.7 Å². The third-order valence-electron chi connectivity index (χ3n) is 6.85. The second-order valence-corrected chi connectivity index (χ2v) is 9.50. The third-order valence-corrected chi connectivity index (χ3v) is 7.16. The van der Waals surface area contributed by atoms with Gasteiger partial charge in [0.05, 0.1) is 5.02 Å². The van der Waals surface area contributed by atoms with Crippen LogP contribution in [0.5, 0.6) is 5.75 Å². The van der Waals surface area contributed by atoms with Crippen LogP contribution in [0, 0.1) is 17.7 Å². The van der Waals surface area contributed by atoms with Gasteiger partial charge < -0.3 is 15.4 Å². The van der Waals surface area contributed by atoms with Gasteiger partial charge >= 0.3 is 0 Å². The molecule has 1 aromatic heterocycles. The second kappa shape index (κ2) is 8.70. The fourth-order valence-corrected chi connectivity index (χ4v) is 4.90. The van der Waals surface area contributed by atoms with E-state index in [-0.39, 0.29) is 41.3 Å². The molecule has 0 spiro atoms. The Balaban J connectivity index is 1.13. The molecule has 1 unspecified atom stereocenters. The van der Waals surface area contributed by atoms with Crippen molar-refractivity contribution in [3.63, 3.8) is 0 Å². The van der Waals surface area contributed by atoms with Crippen LogP contribution in [0.4, 0.5) is 4.39 Å². The van der Waals surface area contributed by atoms with E-state index < -0.39 is 5.82 Å². The Labute approximate surface area is 190 Å². The molecule has 0 saturated heterocycles. The monoisotopic (exact) mass is 457 g/mol. The maximum absolute atomic E-state index is 13.5. The Kier molecular flexibility index (Phi) is 5.76. The highest BCUT2D eigenvalue weighted by atomic mass is 35.5. The molecular weight excluding hydrogens is 433 g/mol. The van der Waals surface area contributed by atoms with Crippen LogP contribution in [0.1, 0.15) is 54.1 Å². The first-order valence-electron chi connectivity index (χ1n) is 11.1. The molecule has 4 aliphatic carbocycles. The van der Waals surface area contributed by atoms with Crippen molar-refractivity contribution in [2.24, 2.45) is 11.8 Å². The van der Waals surface area contributed by atoms with Crippen LogP contribution in [0.3, 0.4) is 0 Å². The van der Waals surface area contributed by atoms with Crippen molar-refractivity contribution in [3.8, 4) is 5.75 Å². The summed E-state index contributed by atoms with van der Waals surface area (Å²) in [4.78, 5) is 29.4. The van der Waals surface area contributed by atoms with E-state index in [1.54, 1.807) is 6.07 Å². The zero-order chi connectivity index (χ0) is 22.2.